The van der Waals surface area contributed by atoms with Gasteiger partial charge >= 0.3 is 5.97 Å². The molecule has 0 bridgehead atoms. The molecule has 1 N–H and O–H groups in total. The zero-order valence-corrected chi connectivity index (χ0v) is 17.4. The van der Waals surface area contributed by atoms with Crippen molar-refractivity contribution in [3.05, 3.63) is 59.2 Å². The van der Waals surface area contributed by atoms with Crippen LogP contribution < -0.4 is 10.1 Å². The molecule has 0 heterocycles. The second-order valence-corrected chi connectivity index (χ2v) is 7.22. The smallest absolute Gasteiger partial charge is 0.344 e. The van der Waals surface area contributed by atoms with Gasteiger partial charge in [-0.1, -0.05) is 32.0 Å². The highest BCUT2D eigenvalue weighted by molar-refractivity contribution is 5.98. The molecule has 0 aromatic heterocycles. The second kappa shape index (κ2) is 9.87. The molecule has 1 amide bonds. The van der Waals surface area contributed by atoms with E-state index in [-0.39, 0.29) is 12.4 Å². The molecule has 1 unspecified atom stereocenters. The number of hydrogen-bond acceptors (Lipinski definition) is 5. The molecule has 0 spiro atoms. The highest BCUT2D eigenvalue weighted by atomic mass is 16.6. The average Bonchev–Trinajstić information content (AvgIpc) is 2.66. The number of ether oxygens (including phenoxy) is 2. The molecular weight excluding hydrogens is 370 g/mol. The minimum absolute atomic E-state index is 0.102. The Morgan fingerprint density at radius 2 is 1.76 bits per heavy atom. The van der Waals surface area contributed by atoms with E-state index in [0.29, 0.717) is 22.9 Å². The standard InChI is InChI=1S/C23H27NO5/c1-14(2)21-10-9-20(11-15(21)3)28-13-22(26)29-17(5)23(27)24-19-8-6-7-18(12-19)16(4)25/h6-12,14,17H,13H2,1-5H3,(H,24,27). The van der Waals surface area contributed by atoms with Crippen LogP contribution in [0.4, 0.5) is 5.69 Å². The van der Waals surface area contributed by atoms with Gasteiger partial charge in [0.15, 0.2) is 18.5 Å². The van der Waals surface area contributed by atoms with E-state index in [0.717, 1.165) is 5.56 Å². The Hall–Kier alpha value is -3.15. The molecule has 2 aromatic rings. The molecule has 0 fully saturated rings. The second-order valence-electron chi connectivity index (χ2n) is 7.22. The predicted octanol–water partition coefficient (Wildman–Crippen LogP) is 4.27. The molecule has 0 saturated heterocycles. The Morgan fingerprint density at radius 1 is 1.03 bits per heavy atom. The van der Waals surface area contributed by atoms with Crippen molar-refractivity contribution in [2.45, 2.75) is 46.6 Å². The number of carbonyl (C=O) groups excluding carboxylic acids is 3. The molecule has 0 aliphatic rings. The summed E-state index contributed by atoms with van der Waals surface area (Å²) in [6.07, 6.45) is -1.00. The van der Waals surface area contributed by atoms with Crippen LogP contribution in [0, 0.1) is 6.92 Å². The summed E-state index contributed by atoms with van der Waals surface area (Å²) >= 11 is 0. The van der Waals surface area contributed by atoms with Gasteiger partial charge in [-0.05, 0) is 62.1 Å². The Labute approximate surface area is 171 Å². The molecular formula is C23H27NO5. The van der Waals surface area contributed by atoms with E-state index >= 15 is 0 Å². The Balaban J connectivity index is 1.87. The van der Waals surface area contributed by atoms with Crippen molar-refractivity contribution in [2.75, 3.05) is 11.9 Å². The number of ketones is 1. The minimum Gasteiger partial charge on any atom is -0.482 e. The van der Waals surface area contributed by atoms with Crippen molar-refractivity contribution in [1.29, 1.82) is 0 Å². The van der Waals surface area contributed by atoms with Crippen LogP contribution in [0.1, 0.15) is 55.1 Å². The average molecular weight is 397 g/mol. The topological polar surface area (TPSA) is 81.7 Å². The lowest BCUT2D eigenvalue weighted by Gasteiger charge is -2.15. The van der Waals surface area contributed by atoms with Gasteiger partial charge < -0.3 is 14.8 Å². The Kier molecular flexibility index (Phi) is 7.53. The number of hydrogen-bond donors (Lipinski definition) is 1. The lowest BCUT2D eigenvalue weighted by atomic mass is 9.98. The van der Waals surface area contributed by atoms with Crippen LogP contribution in [-0.4, -0.2) is 30.4 Å². The molecule has 0 aliphatic heterocycles. The number of esters is 1. The number of benzene rings is 2. The van der Waals surface area contributed by atoms with E-state index in [2.05, 4.69) is 19.2 Å². The van der Waals surface area contributed by atoms with Crippen molar-refractivity contribution in [1.82, 2.24) is 0 Å². The summed E-state index contributed by atoms with van der Waals surface area (Å²) < 4.78 is 10.6. The van der Waals surface area contributed by atoms with Crippen LogP contribution in [0.15, 0.2) is 42.5 Å². The number of Topliss-reactive ketones (excluding diaryl/α,β-unsaturated/α-hetero) is 1. The third-order valence-corrected chi connectivity index (χ3v) is 4.43. The molecule has 0 aliphatic carbocycles. The summed E-state index contributed by atoms with van der Waals surface area (Å²) in [6, 6.07) is 12.2. The first-order valence-corrected chi connectivity index (χ1v) is 9.52. The third-order valence-electron chi connectivity index (χ3n) is 4.43. The molecule has 2 aromatic carbocycles. The van der Waals surface area contributed by atoms with Gasteiger partial charge in [0.2, 0.25) is 0 Å². The molecule has 29 heavy (non-hydrogen) atoms. The summed E-state index contributed by atoms with van der Waals surface area (Å²) in [5.41, 5.74) is 3.26. The van der Waals surface area contributed by atoms with Crippen LogP contribution in [0.5, 0.6) is 5.75 Å². The molecule has 6 nitrogen and oxygen atoms in total. The maximum absolute atomic E-state index is 12.2. The highest BCUT2D eigenvalue weighted by Crippen LogP contribution is 2.23. The van der Waals surface area contributed by atoms with Crippen LogP contribution in [0.25, 0.3) is 0 Å². The van der Waals surface area contributed by atoms with E-state index in [1.54, 1.807) is 24.3 Å². The first kappa shape index (κ1) is 22.1. The quantitative estimate of drug-likeness (QED) is 0.531. The van der Waals surface area contributed by atoms with E-state index in [1.165, 1.54) is 19.4 Å². The van der Waals surface area contributed by atoms with Gasteiger partial charge in [-0.25, -0.2) is 4.79 Å². The van der Waals surface area contributed by atoms with Crippen molar-refractivity contribution >= 4 is 23.3 Å². The van der Waals surface area contributed by atoms with Crippen molar-refractivity contribution in [3.63, 3.8) is 0 Å². The fourth-order valence-electron chi connectivity index (χ4n) is 2.87. The van der Waals surface area contributed by atoms with E-state index in [9.17, 15) is 14.4 Å². The molecule has 2 rings (SSSR count). The van der Waals surface area contributed by atoms with E-state index < -0.39 is 18.0 Å². The Morgan fingerprint density at radius 3 is 2.38 bits per heavy atom. The highest BCUT2D eigenvalue weighted by Gasteiger charge is 2.19. The zero-order valence-electron chi connectivity index (χ0n) is 17.4. The summed E-state index contributed by atoms with van der Waals surface area (Å²) in [7, 11) is 0. The van der Waals surface area contributed by atoms with Crippen molar-refractivity contribution in [2.24, 2.45) is 0 Å². The summed E-state index contributed by atoms with van der Waals surface area (Å²) in [5.74, 6) is -0.257. The molecule has 6 heteroatoms. The first-order valence-electron chi connectivity index (χ1n) is 9.52. The summed E-state index contributed by atoms with van der Waals surface area (Å²) in [5, 5.41) is 2.63. The summed E-state index contributed by atoms with van der Waals surface area (Å²) in [6.45, 7) is 8.85. The largest absolute Gasteiger partial charge is 0.482 e. The van der Waals surface area contributed by atoms with E-state index in [4.69, 9.17) is 9.47 Å². The van der Waals surface area contributed by atoms with E-state index in [1.807, 2.05) is 25.1 Å². The maximum atomic E-state index is 12.2. The third kappa shape index (κ3) is 6.45. The number of anilines is 1. The zero-order chi connectivity index (χ0) is 21.6. The molecule has 0 radical (unpaired) electrons. The Bertz CT molecular complexity index is 904. The van der Waals surface area contributed by atoms with Gasteiger partial charge in [0.25, 0.3) is 5.91 Å². The van der Waals surface area contributed by atoms with Gasteiger partial charge in [0, 0.05) is 11.3 Å². The predicted molar refractivity (Wildman–Crippen MR) is 111 cm³/mol. The SMILES string of the molecule is CC(=O)c1cccc(NC(=O)C(C)OC(=O)COc2ccc(C(C)C)c(C)c2)c1. The lowest BCUT2D eigenvalue weighted by Crippen LogP contribution is -2.31. The van der Waals surface area contributed by atoms with Crippen LogP contribution in [0.3, 0.4) is 0 Å². The minimum atomic E-state index is -1.00. The fraction of sp³-hybridized carbons (Fsp3) is 0.348. The lowest BCUT2D eigenvalue weighted by molar-refractivity contribution is -0.155. The van der Waals surface area contributed by atoms with Crippen molar-refractivity contribution < 1.29 is 23.9 Å². The van der Waals surface area contributed by atoms with Gasteiger partial charge in [0.05, 0.1) is 0 Å². The van der Waals surface area contributed by atoms with Gasteiger partial charge in [-0.3, -0.25) is 9.59 Å². The van der Waals surface area contributed by atoms with Gasteiger partial charge in [-0.2, -0.15) is 0 Å². The number of amides is 1. The number of aryl methyl sites for hydroxylation is 1. The number of rotatable bonds is 8. The number of carbonyl (C=O) groups is 3. The van der Waals surface area contributed by atoms with Crippen molar-refractivity contribution in [3.8, 4) is 5.75 Å². The summed E-state index contributed by atoms with van der Waals surface area (Å²) in [4.78, 5) is 35.7. The van der Waals surface area contributed by atoms with Crippen LogP contribution in [-0.2, 0) is 14.3 Å². The first-order chi connectivity index (χ1) is 13.7. The van der Waals surface area contributed by atoms with Crippen LogP contribution >= 0.6 is 0 Å². The van der Waals surface area contributed by atoms with Gasteiger partial charge in [-0.15, -0.1) is 0 Å². The molecule has 154 valence electrons. The fourth-order valence-corrected chi connectivity index (χ4v) is 2.87. The maximum Gasteiger partial charge on any atom is 0.344 e. The monoisotopic (exact) mass is 397 g/mol. The molecule has 0 saturated carbocycles. The van der Waals surface area contributed by atoms with Crippen LogP contribution in [0.2, 0.25) is 0 Å². The van der Waals surface area contributed by atoms with Gasteiger partial charge in [0.1, 0.15) is 5.75 Å². The normalized spacial score (nSPS) is 11.7. The molecule has 1 atom stereocenters. The number of nitrogens with one attached hydrogen (secondary N) is 1.